The van der Waals surface area contributed by atoms with Crippen LogP contribution in [0.2, 0.25) is 0 Å². The minimum absolute atomic E-state index is 0.0574. The molecule has 8 nitrogen and oxygen atoms in total. The Labute approximate surface area is 199 Å². The van der Waals surface area contributed by atoms with Gasteiger partial charge in [-0.1, -0.05) is 48.5 Å². The van der Waals surface area contributed by atoms with Crippen molar-refractivity contribution in [1.82, 2.24) is 5.32 Å². The fourth-order valence-corrected chi connectivity index (χ4v) is 4.08. The lowest BCUT2D eigenvalue weighted by atomic mass is 9.98. The molecule has 0 bridgehead atoms. The van der Waals surface area contributed by atoms with E-state index < -0.39 is 35.7 Å². The number of hydrogen-bond acceptors (Lipinski definition) is 6. The molecule has 182 valence electrons. The molecule has 0 fully saturated rings. The van der Waals surface area contributed by atoms with Crippen molar-refractivity contribution in [3.8, 4) is 11.1 Å². The summed E-state index contributed by atoms with van der Waals surface area (Å²) < 4.78 is 10.7. The number of carboxylic acids is 1. The maximum atomic E-state index is 12.5. The first-order chi connectivity index (χ1) is 16.1. The standard InChI is InChI=1S/C26H32N2O6/c1-26(2,3)34-25(32)28-22(23(29)30)14-8-13-21(27)24(31)33-15-20-18-11-6-4-9-16(18)17-10-5-7-12-19(17)20/h4-7,9-12,20-22H,8,13-15,27H2,1-3H3,(H,28,32)(H,29,30)/t21?,22-/m0/s1. The van der Waals surface area contributed by atoms with Gasteiger partial charge in [-0.15, -0.1) is 0 Å². The van der Waals surface area contributed by atoms with Crippen molar-refractivity contribution >= 4 is 18.0 Å². The van der Waals surface area contributed by atoms with Gasteiger partial charge in [0, 0.05) is 5.92 Å². The first-order valence-corrected chi connectivity index (χ1v) is 11.4. The molecule has 0 radical (unpaired) electrons. The van der Waals surface area contributed by atoms with Crippen LogP contribution < -0.4 is 11.1 Å². The van der Waals surface area contributed by atoms with Gasteiger partial charge < -0.3 is 25.6 Å². The van der Waals surface area contributed by atoms with Crippen LogP contribution in [0.25, 0.3) is 11.1 Å². The summed E-state index contributed by atoms with van der Waals surface area (Å²) in [6, 6.07) is 14.1. The van der Waals surface area contributed by atoms with Gasteiger partial charge in [-0.05, 0) is 62.3 Å². The Balaban J connectivity index is 1.50. The molecule has 2 aromatic carbocycles. The fraction of sp³-hybridized carbons (Fsp3) is 0.423. The van der Waals surface area contributed by atoms with Crippen molar-refractivity contribution in [2.24, 2.45) is 5.73 Å². The molecule has 1 aliphatic rings. The molecule has 0 heterocycles. The molecule has 1 amide bonds. The van der Waals surface area contributed by atoms with Gasteiger partial charge in [-0.2, -0.15) is 0 Å². The smallest absolute Gasteiger partial charge is 0.408 e. The highest BCUT2D eigenvalue weighted by Gasteiger charge is 2.30. The molecule has 1 aliphatic carbocycles. The largest absolute Gasteiger partial charge is 0.480 e. The Hall–Kier alpha value is -3.39. The topological polar surface area (TPSA) is 128 Å². The Morgan fingerprint density at radius 1 is 1.00 bits per heavy atom. The SMILES string of the molecule is CC(C)(C)OC(=O)N[C@@H](CCCC(N)C(=O)OCC1c2ccccc2-c2ccccc21)C(=O)O. The minimum Gasteiger partial charge on any atom is -0.480 e. The van der Waals surface area contributed by atoms with Crippen LogP contribution in [0.15, 0.2) is 48.5 Å². The molecule has 0 saturated heterocycles. The predicted octanol–water partition coefficient (Wildman–Crippen LogP) is 3.82. The average Bonchev–Trinajstić information content (AvgIpc) is 3.09. The second-order valence-electron chi connectivity index (χ2n) is 9.43. The third-order valence-corrected chi connectivity index (χ3v) is 5.65. The van der Waals surface area contributed by atoms with E-state index in [-0.39, 0.29) is 25.4 Å². The van der Waals surface area contributed by atoms with Crippen LogP contribution in [0.5, 0.6) is 0 Å². The monoisotopic (exact) mass is 468 g/mol. The molecule has 1 unspecified atom stereocenters. The number of aliphatic carboxylic acids is 1. The lowest BCUT2D eigenvalue weighted by Crippen LogP contribution is -2.43. The summed E-state index contributed by atoms with van der Waals surface area (Å²) in [6.07, 6.45) is -0.145. The number of rotatable bonds is 9. The predicted molar refractivity (Wildman–Crippen MR) is 127 cm³/mol. The summed E-state index contributed by atoms with van der Waals surface area (Å²) in [4.78, 5) is 35.9. The first kappa shape index (κ1) is 25.2. The lowest BCUT2D eigenvalue weighted by molar-refractivity contribution is -0.145. The number of nitrogens with one attached hydrogen (secondary N) is 1. The summed E-state index contributed by atoms with van der Waals surface area (Å²) in [7, 11) is 0. The molecule has 4 N–H and O–H groups in total. The van der Waals surface area contributed by atoms with Crippen LogP contribution >= 0.6 is 0 Å². The zero-order valence-corrected chi connectivity index (χ0v) is 19.7. The van der Waals surface area contributed by atoms with Crippen LogP contribution in [0, 0.1) is 0 Å². The van der Waals surface area contributed by atoms with E-state index in [0.29, 0.717) is 6.42 Å². The van der Waals surface area contributed by atoms with Gasteiger partial charge in [0.1, 0.15) is 24.3 Å². The third kappa shape index (κ3) is 6.35. The van der Waals surface area contributed by atoms with Crippen LogP contribution in [0.1, 0.15) is 57.1 Å². The van der Waals surface area contributed by atoms with E-state index in [2.05, 4.69) is 17.4 Å². The number of benzene rings is 2. The molecular formula is C26H32N2O6. The third-order valence-electron chi connectivity index (χ3n) is 5.65. The number of amides is 1. The van der Waals surface area contributed by atoms with Crippen molar-refractivity contribution in [3.05, 3.63) is 59.7 Å². The quantitative estimate of drug-likeness (QED) is 0.477. The molecule has 2 atom stereocenters. The number of nitrogens with two attached hydrogens (primary N) is 1. The first-order valence-electron chi connectivity index (χ1n) is 11.4. The summed E-state index contributed by atoms with van der Waals surface area (Å²) in [5, 5.41) is 11.7. The van der Waals surface area contributed by atoms with E-state index in [1.807, 2.05) is 36.4 Å². The van der Waals surface area contributed by atoms with Crippen molar-refractivity contribution in [3.63, 3.8) is 0 Å². The average molecular weight is 469 g/mol. The van der Waals surface area contributed by atoms with Gasteiger partial charge in [-0.3, -0.25) is 4.79 Å². The number of ether oxygens (including phenoxy) is 2. The maximum Gasteiger partial charge on any atom is 0.408 e. The highest BCUT2D eigenvalue weighted by Crippen LogP contribution is 2.44. The second kappa shape index (κ2) is 10.7. The van der Waals surface area contributed by atoms with Crippen LogP contribution in [0.3, 0.4) is 0 Å². The zero-order chi connectivity index (χ0) is 24.9. The number of esters is 1. The van der Waals surface area contributed by atoms with E-state index >= 15 is 0 Å². The minimum atomic E-state index is -1.18. The highest BCUT2D eigenvalue weighted by atomic mass is 16.6. The van der Waals surface area contributed by atoms with Crippen molar-refractivity contribution in [2.75, 3.05) is 6.61 Å². The summed E-state index contributed by atoms with van der Waals surface area (Å²) in [5.74, 6) is -1.77. The molecule has 0 aromatic heterocycles. The number of fused-ring (bicyclic) bond motifs is 3. The van der Waals surface area contributed by atoms with Crippen LogP contribution in [0.4, 0.5) is 4.79 Å². The Morgan fingerprint density at radius 2 is 1.56 bits per heavy atom. The van der Waals surface area contributed by atoms with Crippen LogP contribution in [-0.2, 0) is 19.1 Å². The van der Waals surface area contributed by atoms with Crippen LogP contribution in [-0.4, -0.2) is 47.4 Å². The summed E-state index contributed by atoms with van der Waals surface area (Å²) in [6.45, 7) is 5.25. The number of carboxylic acid groups (broad SMARTS) is 1. The molecule has 34 heavy (non-hydrogen) atoms. The highest BCUT2D eigenvalue weighted by molar-refractivity contribution is 5.80. The lowest BCUT2D eigenvalue weighted by Gasteiger charge is -2.22. The number of alkyl carbamates (subject to hydrolysis) is 1. The van der Waals surface area contributed by atoms with E-state index in [9.17, 15) is 19.5 Å². The normalized spacial score (nSPS) is 14.5. The molecule has 3 rings (SSSR count). The van der Waals surface area contributed by atoms with E-state index in [0.717, 1.165) is 22.3 Å². The van der Waals surface area contributed by atoms with E-state index in [1.54, 1.807) is 20.8 Å². The van der Waals surface area contributed by atoms with E-state index in [1.165, 1.54) is 0 Å². The number of carbonyl (C=O) groups is 3. The van der Waals surface area contributed by atoms with Gasteiger partial charge >= 0.3 is 18.0 Å². The van der Waals surface area contributed by atoms with Gasteiger partial charge in [0.2, 0.25) is 0 Å². The molecule has 8 heteroatoms. The Kier molecular flexibility index (Phi) is 7.94. The molecule has 2 aromatic rings. The summed E-state index contributed by atoms with van der Waals surface area (Å²) in [5.41, 5.74) is 9.77. The van der Waals surface area contributed by atoms with Gasteiger partial charge in [-0.25, -0.2) is 9.59 Å². The Morgan fingerprint density at radius 3 is 2.09 bits per heavy atom. The molecule has 0 saturated carbocycles. The number of hydrogen-bond donors (Lipinski definition) is 3. The molecule has 0 spiro atoms. The van der Waals surface area contributed by atoms with Gasteiger partial charge in [0.05, 0.1) is 0 Å². The Bertz CT molecular complexity index is 1000. The van der Waals surface area contributed by atoms with Crippen molar-refractivity contribution < 1.29 is 29.0 Å². The van der Waals surface area contributed by atoms with Gasteiger partial charge in [0.25, 0.3) is 0 Å². The number of carbonyl (C=O) groups excluding carboxylic acids is 2. The summed E-state index contributed by atoms with van der Waals surface area (Å²) >= 11 is 0. The van der Waals surface area contributed by atoms with Crippen molar-refractivity contribution in [1.29, 1.82) is 0 Å². The van der Waals surface area contributed by atoms with Gasteiger partial charge in [0.15, 0.2) is 0 Å². The fourth-order valence-electron chi connectivity index (χ4n) is 4.08. The zero-order valence-electron chi connectivity index (χ0n) is 19.7. The second-order valence-corrected chi connectivity index (χ2v) is 9.43. The maximum absolute atomic E-state index is 12.5. The van der Waals surface area contributed by atoms with E-state index in [4.69, 9.17) is 15.2 Å². The molecule has 0 aliphatic heterocycles. The molecular weight excluding hydrogens is 436 g/mol. The van der Waals surface area contributed by atoms with Crippen molar-refractivity contribution in [2.45, 2.75) is 63.6 Å².